The monoisotopic (exact) mass is 252 g/mol. The molecule has 0 unspecified atom stereocenters. The third-order valence-electron chi connectivity index (χ3n) is 3.81. The standard InChI is InChI=1S/C16H28O2/c17-15-12-10-8-6-4-2-1-3-5-7-9-11-13-16(18)14-15/h1-14H2. The SMILES string of the molecule is O=C1CCCCCCCCCCCCCC(=O)C1. The lowest BCUT2D eigenvalue weighted by Crippen LogP contribution is -2.07. The van der Waals surface area contributed by atoms with Gasteiger partial charge in [-0.2, -0.15) is 0 Å². The Morgan fingerprint density at radius 1 is 0.444 bits per heavy atom. The molecule has 0 aromatic rings. The predicted octanol–water partition coefficient (Wildman–Crippen LogP) is 4.60. The van der Waals surface area contributed by atoms with Crippen molar-refractivity contribution in [1.82, 2.24) is 0 Å². The highest BCUT2D eigenvalue weighted by atomic mass is 16.1. The van der Waals surface area contributed by atoms with E-state index in [1.54, 1.807) is 0 Å². The van der Waals surface area contributed by atoms with Crippen LogP contribution in [0.1, 0.15) is 89.9 Å². The van der Waals surface area contributed by atoms with Crippen molar-refractivity contribution in [3.8, 4) is 0 Å². The van der Waals surface area contributed by atoms with E-state index in [1.165, 1.54) is 44.9 Å². The van der Waals surface area contributed by atoms with Gasteiger partial charge in [0.15, 0.2) is 0 Å². The summed E-state index contributed by atoms with van der Waals surface area (Å²) < 4.78 is 0. The maximum Gasteiger partial charge on any atom is 0.140 e. The molecule has 2 nitrogen and oxygen atoms in total. The Kier molecular flexibility index (Phi) is 8.79. The minimum absolute atomic E-state index is 0.159. The molecule has 0 radical (unpaired) electrons. The van der Waals surface area contributed by atoms with E-state index in [4.69, 9.17) is 0 Å². The van der Waals surface area contributed by atoms with Crippen molar-refractivity contribution < 1.29 is 9.59 Å². The molecule has 0 spiro atoms. The fraction of sp³-hybridized carbons (Fsp3) is 0.875. The molecule has 18 heavy (non-hydrogen) atoms. The Balaban J connectivity index is 2.23. The molecule has 1 aliphatic carbocycles. The van der Waals surface area contributed by atoms with Crippen LogP contribution in [0.3, 0.4) is 0 Å². The van der Waals surface area contributed by atoms with Crippen LogP contribution in [-0.2, 0) is 9.59 Å². The van der Waals surface area contributed by atoms with Gasteiger partial charge in [0.1, 0.15) is 11.6 Å². The summed E-state index contributed by atoms with van der Waals surface area (Å²) >= 11 is 0. The van der Waals surface area contributed by atoms with Crippen molar-refractivity contribution in [2.45, 2.75) is 89.9 Å². The van der Waals surface area contributed by atoms with Crippen LogP contribution in [0.25, 0.3) is 0 Å². The third kappa shape index (κ3) is 8.43. The number of carbonyl (C=O) groups is 2. The van der Waals surface area contributed by atoms with Crippen LogP contribution in [0.2, 0.25) is 0 Å². The van der Waals surface area contributed by atoms with Gasteiger partial charge in [0.05, 0.1) is 6.42 Å². The first-order valence-corrected chi connectivity index (χ1v) is 7.82. The van der Waals surface area contributed by atoms with Crippen LogP contribution in [0.5, 0.6) is 0 Å². The van der Waals surface area contributed by atoms with Crippen LogP contribution in [0.4, 0.5) is 0 Å². The lowest BCUT2D eigenvalue weighted by molar-refractivity contribution is -0.127. The van der Waals surface area contributed by atoms with Gasteiger partial charge in [0.25, 0.3) is 0 Å². The molecule has 2 heteroatoms. The Labute approximate surface area is 112 Å². The topological polar surface area (TPSA) is 34.1 Å². The lowest BCUT2D eigenvalue weighted by Gasteiger charge is -2.05. The smallest absolute Gasteiger partial charge is 0.140 e. The minimum atomic E-state index is 0.159. The highest BCUT2D eigenvalue weighted by Crippen LogP contribution is 2.14. The molecule has 0 saturated heterocycles. The summed E-state index contributed by atoms with van der Waals surface area (Å²) in [6.45, 7) is 0. The summed E-state index contributed by atoms with van der Waals surface area (Å²) in [7, 11) is 0. The number of carbonyl (C=O) groups excluding carboxylic acids is 2. The lowest BCUT2D eigenvalue weighted by atomic mass is 10.00. The fourth-order valence-electron chi connectivity index (χ4n) is 2.63. The van der Waals surface area contributed by atoms with Gasteiger partial charge in [-0.15, -0.1) is 0 Å². The van der Waals surface area contributed by atoms with Gasteiger partial charge in [-0.05, 0) is 12.8 Å². The molecule has 0 bridgehead atoms. The van der Waals surface area contributed by atoms with Crippen molar-refractivity contribution in [3.05, 3.63) is 0 Å². The maximum atomic E-state index is 11.6. The summed E-state index contributed by atoms with van der Waals surface area (Å²) in [4.78, 5) is 23.1. The van der Waals surface area contributed by atoms with E-state index in [9.17, 15) is 9.59 Å². The number of ketones is 2. The van der Waals surface area contributed by atoms with Crippen LogP contribution < -0.4 is 0 Å². The zero-order valence-electron chi connectivity index (χ0n) is 11.7. The van der Waals surface area contributed by atoms with Crippen molar-refractivity contribution in [2.75, 3.05) is 0 Å². The summed E-state index contributed by atoms with van der Waals surface area (Å²) in [5.41, 5.74) is 0. The molecule has 1 saturated carbocycles. The Morgan fingerprint density at radius 3 is 1.06 bits per heavy atom. The van der Waals surface area contributed by atoms with Crippen molar-refractivity contribution in [3.63, 3.8) is 0 Å². The number of Topliss-reactive ketones (excluding diaryl/α,β-unsaturated/α-hetero) is 2. The normalized spacial score (nSPS) is 22.9. The zero-order chi connectivity index (χ0) is 13.1. The Bertz CT molecular complexity index is 221. The van der Waals surface area contributed by atoms with Gasteiger partial charge in [-0.25, -0.2) is 0 Å². The zero-order valence-corrected chi connectivity index (χ0v) is 11.7. The van der Waals surface area contributed by atoms with Crippen LogP contribution in [0, 0.1) is 0 Å². The summed E-state index contributed by atoms with van der Waals surface area (Å²) in [5, 5.41) is 0. The molecular weight excluding hydrogens is 224 g/mol. The Morgan fingerprint density at radius 2 is 0.722 bits per heavy atom. The van der Waals surface area contributed by atoms with Crippen molar-refractivity contribution in [2.24, 2.45) is 0 Å². The van der Waals surface area contributed by atoms with Gasteiger partial charge >= 0.3 is 0 Å². The van der Waals surface area contributed by atoms with E-state index < -0.39 is 0 Å². The molecule has 0 aromatic heterocycles. The van der Waals surface area contributed by atoms with Crippen molar-refractivity contribution >= 4 is 11.6 Å². The first-order chi connectivity index (χ1) is 8.79. The van der Waals surface area contributed by atoms with Crippen LogP contribution >= 0.6 is 0 Å². The number of hydrogen-bond donors (Lipinski definition) is 0. The first kappa shape index (κ1) is 15.4. The quantitative estimate of drug-likeness (QED) is 0.590. The second-order valence-electron chi connectivity index (χ2n) is 5.64. The van der Waals surface area contributed by atoms with Gasteiger partial charge in [-0.1, -0.05) is 57.8 Å². The molecule has 0 heterocycles. The molecule has 1 aliphatic rings. The van der Waals surface area contributed by atoms with Crippen LogP contribution in [0.15, 0.2) is 0 Å². The largest absolute Gasteiger partial charge is 0.299 e. The van der Waals surface area contributed by atoms with Gasteiger partial charge in [0, 0.05) is 12.8 Å². The van der Waals surface area contributed by atoms with Gasteiger partial charge in [-0.3, -0.25) is 9.59 Å². The van der Waals surface area contributed by atoms with E-state index >= 15 is 0 Å². The van der Waals surface area contributed by atoms with E-state index in [0.717, 1.165) is 25.7 Å². The summed E-state index contributed by atoms with van der Waals surface area (Å²) in [5.74, 6) is 0.319. The molecule has 0 atom stereocenters. The fourth-order valence-corrected chi connectivity index (χ4v) is 2.63. The predicted molar refractivity (Wildman–Crippen MR) is 74.7 cm³/mol. The molecule has 0 aliphatic heterocycles. The van der Waals surface area contributed by atoms with E-state index in [-0.39, 0.29) is 18.0 Å². The van der Waals surface area contributed by atoms with E-state index in [2.05, 4.69) is 0 Å². The second-order valence-corrected chi connectivity index (χ2v) is 5.64. The average molecular weight is 252 g/mol. The van der Waals surface area contributed by atoms with Crippen molar-refractivity contribution in [1.29, 1.82) is 0 Å². The molecule has 104 valence electrons. The first-order valence-electron chi connectivity index (χ1n) is 7.82. The van der Waals surface area contributed by atoms with Gasteiger partial charge in [0.2, 0.25) is 0 Å². The molecule has 0 amide bonds. The summed E-state index contributed by atoms with van der Waals surface area (Å²) in [6.07, 6.45) is 14.9. The average Bonchev–Trinajstić information content (AvgIpc) is 2.33. The molecule has 1 fully saturated rings. The Hall–Kier alpha value is -0.660. The molecular formula is C16H28O2. The van der Waals surface area contributed by atoms with E-state index in [0.29, 0.717) is 12.8 Å². The highest BCUT2D eigenvalue weighted by molar-refractivity contribution is 5.98. The highest BCUT2D eigenvalue weighted by Gasteiger charge is 2.09. The molecule has 0 N–H and O–H groups in total. The van der Waals surface area contributed by atoms with Crippen LogP contribution in [-0.4, -0.2) is 11.6 Å². The third-order valence-corrected chi connectivity index (χ3v) is 3.81. The van der Waals surface area contributed by atoms with Gasteiger partial charge < -0.3 is 0 Å². The molecule has 1 rings (SSSR count). The maximum absolute atomic E-state index is 11.6. The summed E-state index contributed by atoms with van der Waals surface area (Å²) in [6, 6.07) is 0. The second kappa shape index (κ2) is 10.3. The number of rotatable bonds is 0. The van der Waals surface area contributed by atoms with E-state index in [1.807, 2.05) is 0 Å². The number of hydrogen-bond acceptors (Lipinski definition) is 2. The minimum Gasteiger partial charge on any atom is -0.299 e. The molecule has 0 aromatic carbocycles.